The Labute approximate surface area is 111 Å². The van der Waals surface area contributed by atoms with Crippen molar-refractivity contribution >= 4 is 16.9 Å². The quantitative estimate of drug-likeness (QED) is 0.629. The largest absolute Gasteiger partial charge is 0.466 e. The van der Waals surface area contributed by atoms with Gasteiger partial charge in [0.05, 0.1) is 18.3 Å². The molecular formula is C13H9F4NO2. The van der Waals surface area contributed by atoms with Gasteiger partial charge in [-0.15, -0.1) is 0 Å². The molecule has 1 aromatic carbocycles. The van der Waals surface area contributed by atoms with Crippen LogP contribution < -0.4 is 0 Å². The number of ether oxygens (including phenoxy) is 1. The molecule has 0 amide bonds. The molecule has 0 saturated heterocycles. The van der Waals surface area contributed by atoms with Crippen LogP contribution in [-0.2, 0) is 15.2 Å². The van der Waals surface area contributed by atoms with Crippen LogP contribution >= 0.6 is 0 Å². The predicted molar refractivity (Wildman–Crippen MR) is 62.6 cm³/mol. The molecule has 0 bridgehead atoms. The van der Waals surface area contributed by atoms with Gasteiger partial charge in [-0.05, 0) is 12.1 Å². The number of methoxy groups -OCH3 is 1. The summed E-state index contributed by atoms with van der Waals surface area (Å²) in [6.45, 7) is 0. The molecule has 3 nitrogen and oxygen atoms in total. The molecule has 1 heterocycles. The van der Waals surface area contributed by atoms with Crippen LogP contribution in [0.25, 0.3) is 10.9 Å². The molecule has 0 fully saturated rings. The fourth-order valence-corrected chi connectivity index (χ4v) is 1.76. The van der Waals surface area contributed by atoms with Gasteiger partial charge in [-0.2, -0.15) is 13.2 Å². The number of aromatic nitrogens is 1. The molecule has 1 unspecified atom stereocenters. The van der Waals surface area contributed by atoms with Gasteiger partial charge < -0.3 is 4.74 Å². The third-order valence-electron chi connectivity index (χ3n) is 2.81. The zero-order chi connectivity index (χ0) is 15.0. The van der Waals surface area contributed by atoms with Crippen molar-refractivity contribution in [2.75, 3.05) is 7.11 Å². The number of alkyl halides is 4. The first-order valence-corrected chi connectivity index (χ1v) is 5.51. The number of nitrogens with zero attached hydrogens (tertiary/aromatic N) is 1. The van der Waals surface area contributed by atoms with E-state index >= 15 is 0 Å². The summed E-state index contributed by atoms with van der Waals surface area (Å²) in [5.41, 5.74) is -5.18. The number of halogens is 4. The summed E-state index contributed by atoms with van der Waals surface area (Å²) in [7, 11) is 0.684. The summed E-state index contributed by atoms with van der Waals surface area (Å²) in [5, 5.41) is 0.533. The van der Waals surface area contributed by atoms with E-state index in [1.807, 2.05) is 0 Å². The van der Waals surface area contributed by atoms with E-state index in [0.717, 1.165) is 6.07 Å². The Morgan fingerprint density at radius 1 is 1.10 bits per heavy atom. The van der Waals surface area contributed by atoms with Crippen molar-refractivity contribution < 1.29 is 27.1 Å². The number of hydrogen-bond acceptors (Lipinski definition) is 3. The normalized spacial score (nSPS) is 14.8. The van der Waals surface area contributed by atoms with E-state index in [2.05, 4.69) is 9.72 Å². The van der Waals surface area contributed by atoms with E-state index in [1.54, 1.807) is 18.2 Å². The first-order chi connectivity index (χ1) is 9.30. The molecule has 0 N–H and O–H groups in total. The molecule has 0 saturated carbocycles. The summed E-state index contributed by atoms with van der Waals surface area (Å²) >= 11 is 0. The minimum atomic E-state index is -5.46. The molecule has 0 radical (unpaired) electrons. The molecule has 0 spiro atoms. The van der Waals surface area contributed by atoms with Crippen molar-refractivity contribution in [3.8, 4) is 0 Å². The molecule has 1 aromatic heterocycles. The van der Waals surface area contributed by atoms with Crippen LogP contribution in [0.5, 0.6) is 0 Å². The van der Waals surface area contributed by atoms with Crippen LogP contribution in [0, 0.1) is 0 Å². The summed E-state index contributed by atoms with van der Waals surface area (Å²) < 4.78 is 57.0. The maximum Gasteiger partial charge on any atom is 0.439 e. The third kappa shape index (κ3) is 2.09. The number of rotatable bonds is 2. The molecule has 0 aliphatic rings. The lowest BCUT2D eigenvalue weighted by Gasteiger charge is -2.24. The second-order valence-corrected chi connectivity index (χ2v) is 4.04. The van der Waals surface area contributed by atoms with Gasteiger partial charge in [-0.1, -0.05) is 24.3 Å². The Bertz CT molecular complexity index is 656. The third-order valence-corrected chi connectivity index (χ3v) is 2.81. The maximum atomic E-state index is 14.3. The predicted octanol–water partition coefficient (Wildman–Crippen LogP) is 3.13. The highest BCUT2D eigenvalue weighted by molar-refractivity contribution is 5.84. The summed E-state index contributed by atoms with van der Waals surface area (Å²) in [5.74, 6) is -2.05. The fourth-order valence-electron chi connectivity index (χ4n) is 1.76. The Hall–Kier alpha value is -2.18. The SMILES string of the molecule is COC(=O)C(F)(c1ccc2ccccc2n1)C(F)(F)F. The van der Waals surface area contributed by atoms with Gasteiger partial charge in [0.2, 0.25) is 0 Å². The number of benzene rings is 1. The van der Waals surface area contributed by atoms with Crippen molar-refractivity contribution in [3.05, 3.63) is 42.1 Å². The van der Waals surface area contributed by atoms with Gasteiger partial charge in [0.15, 0.2) is 0 Å². The second-order valence-electron chi connectivity index (χ2n) is 4.04. The first kappa shape index (κ1) is 14.2. The van der Waals surface area contributed by atoms with Gasteiger partial charge in [0.1, 0.15) is 0 Å². The van der Waals surface area contributed by atoms with Crippen molar-refractivity contribution in [1.82, 2.24) is 4.98 Å². The molecule has 2 rings (SSSR count). The smallest absolute Gasteiger partial charge is 0.439 e. The van der Waals surface area contributed by atoms with Crippen LogP contribution in [0.2, 0.25) is 0 Å². The number of hydrogen-bond donors (Lipinski definition) is 0. The average Bonchev–Trinajstić information content (AvgIpc) is 2.43. The maximum absolute atomic E-state index is 14.3. The Morgan fingerprint density at radius 3 is 2.35 bits per heavy atom. The molecule has 0 aliphatic carbocycles. The summed E-state index contributed by atoms with van der Waals surface area (Å²) in [4.78, 5) is 14.8. The molecular weight excluding hydrogens is 278 g/mol. The summed E-state index contributed by atoms with van der Waals surface area (Å²) in [6.07, 6.45) is -5.46. The van der Waals surface area contributed by atoms with E-state index in [9.17, 15) is 22.4 Å². The van der Waals surface area contributed by atoms with Gasteiger partial charge in [0, 0.05) is 5.39 Å². The van der Waals surface area contributed by atoms with Crippen LogP contribution in [-0.4, -0.2) is 24.2 Å². The lowest BCUT2D eigenvalue weighted by Crippen LogP contribution is -2.46. The van der Waals surface area contributed by atoms with Crippen LogP contribution in [0.4, 0.5) is 17.6 Å². The molecule has 20 heavy (non-hydrogen) atoms. The number of fused-ring (bicyclic) bond motifs is 1. The van der Waals surface area contributed by atoms with E-state index in [0.29, 0.717) is 12.5 Å². The van der Waals surface area contributed by atoms with Crippen molar-refractivity contribution in [2.45, 2.75) is 11.8 Å². The Balaban J connectivity index is 2.66. The highest BCUT2D eigenvalue weighted by Crippen LogP contribution is 2.43. The lowest BCUT2D eigenvalue weighted by molar-refractivity contribution is -0.243. The van der Waals surface area contributed by atoms with Gasteiger partial charge in [-0.25, -0.2) is 14.2 Å². The zero-order valence-corrected chi connectivity index (χ0v) is 10.2. The monoisotopic (exact) mass is 287 g/mol. The minimum absolute atomic E-state index is 0.153. The fraction of sp³-hybridized carbons (Fsp3) is 0.231. The number of carbonyl (C=O) groups is 1. The van der Waals surface area contributed by atoms with Crippen LogP contribution in [0.3, 0.4) is 0 Å². The van der Waals surface area contributed by atoms with E-state index in [4.69, 9.17) is 0 Å². The number of para-hydroxylation sites is 1. The molecule has 2 aromatic rings. The van der Waals surface area contributed by atoms with Crippen LogP contribution in [0.1, 0.15) is 5.69 Å². The minimum Gasteiger partial charge on any atom is -0.466 e. The van der Waals surface area contributed by atoms with Crippen molar-refractivity contribution in [2.24, 2.45) is 0 Å². The van der Waals surface area contributed by atoms with E-state index in [1.165, 1.54) is 12.1 Å². The van der Waals surface area contributed by atoms with Crippen molar-refractivity contribution in [1.29, 1.82) is 0 Å². The highest BCUT2D eigenvalue weighted by atomic mass is 19.4. The number of pyridine rings is 1. The highest BCUT2D eigenvalue weighted by Gasteiger charge is 2.65. The number of esters is 1. The van der Waals surface area contributed by atoms with Gasteiger partial charge >= 0.3 is 17.8 Å². The van der Waals surface area contributed by atoms with Gasteiger partial charge in [-0.3, -0.25) is 0 Å². The van der Waals surface area contributed by atoms with E-state index < -0.39 is 23.5 Å². The Kier molecular flexibility index (Phi) is 3.37. The molecule has 0 aliphatic heterocycles. The van der Waals surface area contributed by atoms with Crippen LogP contribution in [0.15, 0.2) is 36.4 Å². The Morgan fingerprint density at radius 2 is 1.75 bits per heavy atom. The molecule has 7 heteroatoms. The second kappa shape index (κ2) is 4.73. The summed E-state index contributed by atoms with van der Waals surface area (Å²) in [6, 6.07) is 8.33. The van der Waals surface area contributed by atoms with Gasteiger partial charge in [0.25, 0.3) is 0 Å². The average molecular weight is 287 g/mol. The van der Waals surface area contributed by atoms with Crippen molar-refractivity contribution in [3.63, 3.8) is 0 Å². The zero-order valence-electron chi connectivity index (χ0n) is 10.2. The standard InChI is InChI=1S/C13H9F4NO2/c1-20-11(19)12(14,13(15,16)17)10-7-6-8-4-2-3-5-9(8)18-10/h2-7H,1H3. The van der Waals surface area contributed by atoms with E-state index in [-0.39, 0.29) is 5.52 Å². The first-order valence-electron chi connectivity index (χ1n) is 5.51. The lowest BCUT2D eigenvalue weighted by atomic mass is 9.99. The number of carbonyl (C=O) groups excluding carboxylic acids is 1. The molecule has 106 valence electrons. The molecule has 1 atom stereocenters. The topological polar surface area (TPSA) is 39.2 Å².